The molecule has 15 heavy (non-hydrogen) atoms. The zero-order valence-corrected chi connectivity index (χ0v) is 10.9. The number of nitrogens with zero attached hydrogens (tertiary/aromatic N) is 1. The smallest absolute Gasteiger partial charge is 0.0931 e. The number of hydrogen-bond acceptors (Lipinski definition) is 3. The van der Waals surface area contributed by atoms with E-state index in [1.54, 1.807) is 11.3 Å². The van der Waals surface area contributed by atoms with E-state index in [2.05, 4.69) is 24.8 Å². The highest BCUT2D eigenvalue weighted by atomic mass is 35.5. The molecule has 0 radical (unpaired) electrons. The summed E-state index contributed by atoms with van der Waals surface area (Å²) < 4.78 is 0.844. The molecule has 0 saturated heterocycles. The summed E-state index contributed by atoms with van der Waals surface area (Å²) in [6, 6.07) is 4.36. The van der Waals surface area contributed by atoms with Crippen molar-refractivity contribution in [3.63, 3.8) is 0 Å². The third-order valence-corrected chi connectivity index (χ3v) is 3.84. The SMILES string of the molecule is CCCN(CC)C(CN)c1ccc(Cl)s1. The van der Waals surface area contributed by atoms with Crippen LogP contribution >= 0.6 is 22.9 Å². The van der Waals surface area contributed by atoms with Crippen LogP contribution in [0.4, 0.5) is 0 Å². The van der Waals surface area contributed by atoms with Gasteiger partial charge < -0.3 is 5.73 Å². The molecule has 0 bridgehead atoms. The van der Waals surface area contributed by atoms with Crippen molar-refractivity contribution in [3.05, 3.63) is 21.3 Å². The van der Waals surface area contributed by atoms with Crippen LogP contribution in [0.5, 0.6) is 0 Å². The van der Waals surface area contributed by atoms with Gasteiger partial charge in [-0.1, -0.05) is 25.4 Å². The highest BCUT2D eigenvalue weighted by Gasteiger charge is 2.18. The maximum atomic E-state index is 5.95. The van der Waals surface area contributed by atoms with E-state index in [-0.39, 0.29) is 0 Å². The van der Waals surface area contributed by atoms with E-state index in [0.29, 0.717) is 12.6 Å². The van der Waals surface area contributed by atoms with Crippen LogP contribution in [0.2, 0.25) is 4.34 Å². The largest absolute Gasteiger partial charge is 0.329 e. The summed E-state index contributed by atoms with van der Waals surface area (Å²) in [4.78, 5) is 3.68. The van der Waals surface area contributed by atoms with E-state index >= 15 is 0 Å². The minimum absolute atomic E-state index is 0.326. The first-order valence-corrected chi connectivity index (χ1v) is 6.61. The predicted octanol–water partition coefficient (Wildman–Crippen LogP) is 3.13. The number of nitrogens with two attached hydrogens (primary N) is 1. The van der Waals surface area contributed by atoms with E-state index in [9.17, 15) is 0 Å². The van der Waals surface area contributed by atoms with Crippen LogP contribution in [0.3, 0.4) is 0 Å². The van der Waals surface area contributed by atoms with E-state index in [4.69, 9.17) is 17.3 Å². The van der Waals surface area contributed by atoms with E-state index in [1.807, 2.05) is 6.07 Å². The van der Waals surface area contributed by atoms with Crippen LogP contribution in [0.25, 0.3) is 0 Å². The fourth-order valence-corrected chi connectivity index (χ4v) is 2.98. The average Bonchev–Trinajstić information content (AvgIpc) is 2.64. The van der Waals surface area contributed by atoms with Crippen molar-refractivity contribution >= 4 is 22.9 Å². The summed E-state index contributed by atoms with van der Waals surface area (Å²) in [5.41, 5.74) is 5.84. The minimum atomic E-state index is 0.326. The van der Waals surface area contributed by atoms with Crippen LogP contribution in [-0.4, -0.2) is 24.5 Å². The van der Waals surface area contributed by atoms with Crippen molar-refractivity contribution in [2.45, 2.75) is 26.3 Å². The van der Waals surface area contributed by atoms with Gasteiger partial charge in [-0.3, -0.25) is 4.90 Å². The van der Waals surface area contributed by atoms with Gasteiger partial charge in [0.1, 0.15) is 0 Å². The number of thiophene rings is 1. The Balaban J connectivity index is 2.76. The van der Waals surface area contributed by atoms with Gasteiger partial charge in [-0.25, -0.2) is 0 Å². The molecule has 0 spiro atoms. The molecule has 0 aromatic carbocycles. The van der Waals surface area contributed by atoms with Crippen molar-refractivity contribution in [1.29, 1.82) is 0 Å². The van der Waals surface area contributed by atoms with Crippen LogP contribution in [0, 0.1) is 0 Å². The Labute approximate surface area is 101 Å². The molecular weight excluding hydrogens is 228 g/mol. The molecule has 0 amide bonds. The summed E-state index contributed by atoms with van der Waals surface area (Å²) in [5, 5.41) is 0. The lowest BCUT2D eigenvalue weighted by Gasteiger charge is -2.28. The Morgan fingerprint density at radius 2 is 2.20 bits per heavy atom. The molecule has 2 N–H and O–H groups in total. The summed E-state index contributed by atoms with van der Waals surface area (Å²) in [6.07, 6.45) is 1.16. The second-order valence-electron chi connectivity index (χ2n) is 3.52. The summed E-state index contributed by atoms with van der Waals surface area (Å²) in [7, 11) is 0. The second kappa shape index (κ2) is 6.48. The highest BCUT2D eigenvalue weighted by molar-refractivity contribution is 7.16. The van der Waals surface area contributed by atoms with Crippen molar-refractivity contribution in [2.24, 2.45) is 5.73 Å². The maximum Gasteiger partial charge on any atom is 0.0931 e. The Hall–Kier alpha value is -0.0900. The van der Waals surface area contributed by atoms with Gasteiger partial charge in [0.25, 0.3) is 0 Å². The Bertz CT molecular complexity index is 288. The molecule has 0 aliphatic rings. The lowest BCUT2D eigenvalue weighted by atomic mass is 10.2. The van der Waals surface area contributed by atoms with Gasteiger partial charge in [-0.15, -0.1) is 11.3 Å². The number of halogens is 1. The van der Waals surface area contributed by atoms with Gasteiger partial charge in [0, 0.05) is 11.4 Å². The van der Waals surface area contributed by atoms with Gasteiger partial charge in [-0.2, -0.15) is 0 Å². The topological polar surface area (TPSA) is 29.3 Å². The molecule has 1 heterocycles. The third kappa shape index (κ3) is 3.45. The summed E-state index contributed by atoms with van der Waals surface area (Å²) in [5.74, 6) is 0. The van der Waals surface area contributed by atoms with Crippen LogP contribution < -0.4 is 5.73 Å². The fourth-order valence-electron chi connectivity index (χ4n) is 1.77. The average molecular weight is 247 g/mol. The molecule has 0 saturated carbocycles. The Kier molecular flexibility index (Phi) is 5.61. The number of likely N-dealkylation sites (N-methyl/N-ethyl adjacent to an activating group) is 1. The fraction of sp³-hybridized carbons (Fsp3) is 0.636. The van der Waals surface area contributed by atoms with Gasteiger partial charge in [-0.05, 0) is 31.6 Å². The molecule has 86 valence electrons. The first kappa shape index (κ1) is 13.0. The molecule has 0 aliphatic carbocycles. The first-order chi connectivity index (χ1) is 7.22. The molecule has 1 unspecified atom stereocenters. The molecule has 1 aromatic heterocycles. The molecule has 1 aromatic rings. The molecule has 2 nitrogen and oxygen atoms in total. The lowest BCUT2D eigenvalue weighted by Crippen LogP contribution is -2.33. The Morgan fingerprint density at radius 3 is 2.60 bits per heavy atom. The number of hydrogen-bond donors (Lipinski definition) is 1. The zero-order chi connectivity index (χ0) is 11.3. The summed E-state index contributed by atoms with van der Waals surface area (Å²) >= 11 is 7.58. The van der Waals surface area contributed by atoms with Crippen LogP contribution in [0.1, 0.15) is 31.2 Å². The predicted molar refractivity (Wildman–Crippen MR) is 68.7 cm³/mol. The molecule has 1 atom stereocenters. The second-order valence-corrected chi connectivity index (χ2v) is 5.27. The normalized spacial score (nSPS) is 13.4. The van der Waals surface area contributed by atoms with Gasteiger partial charge in [0.15, 0.2) is 0 Å². The first-order valence-electron chi connectivity index (χ1n) is 5.42. The van der Waals surface area contributed by atoms with E-state index in [0.717, 1.165) is 23.8 Å². The van der Waals surface area contributed by atoms with Gasteiger partial charge in [0.05, 0.1) is 10.4 Å². The molecule has 0 fully saturated rings. The van der Waals surface area contributed by atoms with Crippen LogP contribution in [0.15, 0.2) is 12.1 Å². The standard InChI is InChI=1S/C11H19ClN2S/c1-3-7-14(4-2)9(8-13)10-5-6-11(12)15-10/h5-6,9H,3-4,7-8,13H2,1-2H3. The molecule has 4 heteroatoms. The Morgan fingerprint density at radius 1 is 1.47 bits per heavy atom. The van der Waals surface area contributed by atoms with Crippen LogP contribution in [-0.2, 0) is 0 Å². The van der Waals surface area contributed by atoms with Gasteiger partial charge >= 0.3 is 0 Å². The highest BCUT2D eigenvalue weighted by Crippen LogP contribution is 2.29. The zero-order valence-electron chi connectivity index (χ0n) is 9.37. The quantitative estimate of drug-likeness (QED) is 0.836. The van der Waals surface area contributed by atoms with Gasteiger partial charge in [0.2, 0.25) is 0 Å². The molecule has 0 aliphatic heterocycles. The van der Waals surface area contributed by atoms with E-state index < -0.39 is 0 Å². The van der Waals surface area contributed by atoms with E-state index in [1.165, 1.54) is 4.88 Å². The number of rotatable bonds is 6. The van der Waals surface area contributed by atoms with Crippen molar-refractivity contribution in [3.8, 4) is 0 Å². The monoisotopic (exact) mass is 246 g/mol. The van der Waals surface area contributed by atoms with Crippen molar-refractivity contribution < 1.29 is 0 Å². The molecular formula is C11H19ClN2S. The molecule has 1 rings (SSSR count). The van der Waals surface area contributed by atoms with Crippen molar-refractivity contribution in [1.82, 2.24) is 4.90 Å². The lowest BCUT2D eigenvalue weighted by molar-refractivity contribution is 0.216. The third-order valence-electron chi connectivity index (χ3n) is 2.50. The minimum Gasteiger partial charge on any atom is -0.329 e. The maximum absolute atomic E-state index is 5.95. The summed E-state index contributed by atoms with van der Waals surface area (Å²) in [6.45, 7) is 7.15. The van der Waals surface area contributed by atoms with Crippen molar-refractivity contribution in [2.75, 3.05) is 19.6 Å².